The van der Waals surface area contributed by atoms with Gasteiger partial charge in [0, 0.05) is 6.42 Å². The third kappa shape index (κ3) is 6.06. The number of nitrogens with two attached hydrogens (primary N) is 1. The van der Waals surface area contributed by atoms with Crippen molar-refractivity contribution in [1.82, 2.24) is 0 Å². The monoisotopic (exact) mass is 119 g/mol. The fourth-order valence-corrected chi connectivity index (χ4v) is 0.480. The van der Waals surface area contributed by atoms with Gasteiger partial charge in [-0.15, -0.1) is 0 Å². The first-order valence-electron chi connectivity index (χ1n) is 2.25. The van der Waals surface area contributed by atoms with E-state index in [2.05, 4.69) is 9.24 Å². The average molecular weight is 119 g/mol. The number of rotatable bonds is 3. The highest BCUT2D eigenvalue weighted by Gasteiger charge is 1.87. The van der Waals surface area contributed by atoms with Gasteiger partial charge in [0.05, 0.1) is 0 Å². The maximum Gasteiger partial charge on any atom is 0.148 e. The van der Waals surface area contributed by atoms with E-state index in [1.807, 2.05) is 0 Å². The normalized spacial score (nSPS) is 8.86. The molecule has 0 bridgehead atoms. The predicted molar refractivity (Wildman–Crippen MR) is 33.0 cm³/mol. The summed E-state index contributed by atoms with van der Waals surface area (Å²) in [4.78, 5) is 10.1. The van der Waals surface area contributed by atoms with Crippen LogP contribution in [0, 0.1) is 0 Å². The lowest BCUT2D eigenvalue weighted by Crippen LogP contribution is -1.99. The van der Waals surface area contributed by atoms with Crippen LogP contribution >= 0.6 is 9.24 Å². The minimum absolute atomic E-state index is 0.144. The number of hydrogen-bond donors (Lipinski definition) is 1. The molecule has 0 rings (SSSR count). The molecule has 0 aliphatic heterocycles. The van der Waals surface area contributed by atoms with Crippen molar-refractivity contribution in [3.63, 3.8) is 0 Å². The molecule has 0 aromatic rings. The minimum atomic E-state index is 0.144. The highest BCUT2D eigenvalue weighted by atomic mass is 31.0. The van der Waals surface area contributed by atoms with Crippen LogP contribution < -0.4 is 5.73 Å². The van der Waals surface area contributed by atoms with Gasteiger partial charge in [0.1, 0.15) is 5.52 Å². The average Bonchev–Trinajstić information content (AvgIpc) is 1.61. The Balaban J connectivity index is 2.82. The lowest BCUT2D eigenvalue weighted by Gasteiger charge is -1.86. The molecule has 1 unspecified atom stereocenters. The molecule has 0 aliphatic rings. The van der Waals surface area contributed by atoms with Crippen molar-refractivity contribution in [1.29, 1.82) is 0 Å². The first-order valence-corrected chi connectivity index (χ1v) is 2.83. The van der Waals surface area contributed by atoms with Crippen LogP contribution in [-0.4, -0.2) is 12.1 Å². The molecule has 0 spiro atoms. The smallest absolute Gasteiger partial charge is 0.148 e. The maximum atomic E-state index is 10.1. The molecule has 2 N–H and O–H groups in total. The van der Waals surface area contributed by atoms with E-state index in [0.717, 1.165) is 6.42 Å². The molecule has 1 atom stereocenters. The standard InChI is InChI=1S/C4H10NOP/c5-3-1-2-4(6)7/h1-3,5,7H2. The molecule has 7 heavy (non-hydrogen) atoms. The Bertz CT molecular complexity index is 64.7. The van der Waals surface area contributed by atoms with Crippen molar-refractivity contribution in [2.24, 2.45) is 5.73 Å². The van der Waals surface area contributed by atoms with Crippen LogP contribution in [-0.2, 0) is 4.79 Å². The lowest BCUT2D eigenvalue weighted by atomic mass is 10.3. The molecule has 2 nitrogen and oxygen atoms in total. The van der Waals surface area contributed by atoms with Gasteiger partial charge in [0.2, 0.25) is 0 Å². The van der Waals surface area contributed by atoms with Gasteiger partial charge in [-0.3, -0.25) is 4.79 Å². The van der Waals surface area contributed by atoms with Gasteiger partial charge in [-0.25, -0.2) is 0 Å². The first-order chi connectivity index (χ1) is 3.27. The van der Waals surface area contributed by atoms with Crippen LogP contribution in [0.5, 0.6) is 0 Å². The Morgan fingerprint density at radius 1 is 1.71 bits per heavy atom. The second kappa shape index (κ2) is 4.23. The van der Waals surface area contributed by atoms with Crippen LogP contribution in [0.4, 0.5) is 0 Å². The van der Waals surface area contributed by atoms with Crippen LogP contribution in [0.1, 0.15) is 12.8 Å². The van der Waals surface area contributed by atoms with Crippen molar-refractivity contribution in [3.8, 4) is 0 Å². The highest BCUT2D eigenvalue weighted by Crippen LogP contribution is 1.93. The van der Waals surface area contributed by atoms with E-state index in [0.29, 0.717) is 13.0 Å². The quantitative estimate of drug-likeness (QED) is 0.536. The van der Waals surface area contributed by atoms with Gasteiger partial charge in [0.25, 0.3) is 0 Å². The van der Waals surface area contributed by atoms with E-state index in [1.54, 1.807) is 0 Å². The van der Waals surface area contributed by atoms with Gasteiger partial charge in [0.15, 0.2) is 0 Å². The second-order valence-corrected chi connectivity index (χ2v) is 2.00. The summed E-state index contributed by atoms with van der Waals surface area (Å²) in [5, 5.41) is 0. The molecule has 42 valence electrons. The summed E-state index contributed by atoms with van der Waals surface area (Å²) >= 11 is 0. The summed E-state index contributed by atoms with van der Waals surface area (Å²) < 4.78 is 0. The number of hydrogen-bond acceptors (Lipinski definition) is 2. The Morgan fingerprint density at radius 3 is 2.43 bits per heavy atom. The van der Waals surface area contributed by atoms with Gasteiger partial charge in [-0.05, 0) is 13.0 Å². The van der Waals surface area contributed by atoms with E-state index in [1.165, 1.54) is 0 Å². The topological polar surface area (TPSA) is 43.1 Å². The summed E-state index contributed by atoms with van der Waals surface area (Å²) in [5.41, 5.74) is 5.26. The van der Waals surface area contributed by atoms with Crippen LogP contribution in [0.15, 0.2) is 0 Å². The predicted octanol–water partition coefficient (Wildman–Crippen LogP) is 0.127. The van der Waals surface area contributed by atoms with Crippen LogP contribution in [0.3, 0.4) is 0 Å². The van der Waals surface area contributed by atoms with E-state index in [-0.39, 0.29) is 5.52 Å². The molecule has 0 amide bonds. The van der Waals surface area contributed by atoms with E-state index >= 15 is 0 Å². The van der Waals surface area contributed by atoms with E-state index < -0.39 is 0 Å². The molecule has 0 aliphatic carbocycles. The molecular formula is C4H10NOP. The Hall–Kier alpha value is 0.0600. The van der Waals surface area contributed by atoms with E-state index in [4.69, 9.17) is 5.73 Å². The lowest BCUT2D eigenvalue weighted by molar-refractivity contribution is -0.111. The zero-order valence-electron chi connectivity index (χ0n) is 4.18. The molecule has 0 heterocycles. The molecular weight excluding hydrogens is 109 g/mol. The van der Waals surface area contributed by atoms with Crippen LogP contribution in [0.2, 0.25) is 0 Å². The number of carbonyl (C=O) groups excluding carboxylic acids is 1. The summed E-state index contributed by atoms with van der Waals surface area (Å²) in [7, 11) is 2.11. The summed E-state index contributed by atoms with van der Waals surface area (Å²) in [6.07, 6.45) is 1.41. The molecule has 0 fully saturated rings. The molecule has 0 aromatic heterocycles. The van der Waals surface area contributed by atoms with Gasteiger partial charge in [-0.1, -0.05) is 9.24 Å². The fourth-order valence-electron chi connectivity index (χ4n) is 0.276. The fraction of sp³-hybridized carbons (Fsp3) is 0.750. The summed E-state index contributed by atoms with van der Waals surface area (Å²) in [6.45, 7) is 0.611. The van der Waals surface area contributed by atoms with Gasteiger partial charge >= 0.3 is 0 Å². The van der Waals surface area contributed by atoms with Gasteiger partial charge in [-0.2, -0.15) is 0 Å². The Morgan fingerprint density at radius 2 is 2.29 bits per heavy atom. The van der Waals surface area contributed by atoms with Crippen molar-refractivity contribution in [2.75, 3.05) is 6.54 Å². The van der Waals surface area contributed by atoms with Gasteiger partial charge < -0.3 is 5.73 Å². The highest BCUT2D eigenvalue weighted by molar-refractivity contribution is 7.40. The van der Waals surface area contributed by atoms with Crippen molar-refractivity contribution in [2.45, 2.75) is 12.8 Å². The number of carbonyl (C=O) groups is 1. The molecule has 3 heteroatoms. The molecule has 0 saturated carbocycles. The Kier molecular flexibility index (Phi) is 4.26. The zero-order chi connectivity index (χ0) is 5.70. The largest absolute Gasteiger partial charge is 0.330 e. The summed E-state index contributed by atoms with van der Waals surface area (Å²) in [5.74, 6) is 0. The third-order valence-electron chi connectivity index (χ3n) is 0.627. The SMILES string of the molecule is NCCCC(=O)P. The summed E-state index contributed by atoms with van der Waals surface area (Å²) in [6, 6.07) is 0. The molecule has 0 radical (unpaired) electrons. The van der Waals surface area contributed by atoms with Crippen molar-refractivity contribution in [3.05, 3.63) is 0 Å². The van der Waals surface area contributed by atoms with Crippen molar-refractivity contribution < 1.29 is 4.79 Å². The second-order valence-electron chi connectivity index (χ2n) is 1.36. The third-order valence-corrected chi connectivity index (χ3v) is 0.916. The zero-order valence-corrected chi connectivity index (χ0v) is 5.34. The first kappa shape index (κ1) is 7.06. The molecule has 0 saturated heterocycles. The minimum Gasteiger partial charge on any atom is -0.330 e. The Labute approximate surface area is 45.7 Å². The molecule has 0 aromatic carbocycles. The maximum absolute atomic E-state index is 10.1. The van der Waals surface area contributed by atoms with Crippen molar-refractivity contribution >= 4 is 14.8 Å². The van der Waals surface area contributed by atoms with Crippen LogP contribution in [0.25, 0.3) is 0 Å². The van der Waals surface area contributed by atoms with E-state index in [9.17, 15) is 4.79 Å².